The average molecular weight is 290 g/mol. The van der Waals surface area contributed by atoms with Gasteiger partial charge < -0.3 is 10.1 Å². The average Bonchev–Trinajstić information content (AvgIpc) is 2.38. The van der Waals surface area contributed by atoms with E-state index in [0.717, 1.165) is 28.6 Å². The van der Waals surface area contributed by atoms with E-state index in [-0.39, 0.29) is 6.10 Å². The molecule has 0 aliphatic carbocycles. The fourth-order valence-corrected chi connectivity index (χ4v) is 2.34. The molecule has 2 rings (SSSR count). The summed E-state index contributed by atoms with van der Waals surface area (Å²) in [6, 6.07) is 14.0. The smallest absolute Gasteiger partial charge is 0.120 e. The summed E-state index contributed by atoms with van der Waals surface area (Å²) in [4.78, 5) is 0. The molecule has 0 heterocycles. The lowest BCUT2D eigenvalue weighted by atomic mass is 10.1. The standard InChI is InChI=1S/C17H20ClNO/c1-12(2)20-15-8-5-7-14(10-15)11-19-17-13(3)6-4-9-16(17)18/h4-10,12,19H,11H2,1-3H3. The first-order chi connectivity index (χ1) is 9.56. The third-order valence-corrected chi connectivity index (χ3v) is 3.28. The van der Waals surface area contributed by atoms with Crippen molar-refractivity contribution >= 4 is 17.3 Å². The molecule has 0 unspecified atom stereocenters. The molecule has 2 nitrogen and oxygen atoms in total. The van der Waals surface area contributed by atoms with E-state index in [9.17, 15) is 0 Å². The maximum atomic E-state index is 6.21. The fraction of sp³-hybridized carbons (Fsp3) is 0.294. The van der Waals surface area contributed by atoms with Crippen LogP contribution in [0.3, 0.4) is 0 Å². The second-order valence-electron chi connectivity index (χ2n) is 5.10. The molecule has 0 amide bonds. The molecule has 0 aromatic heterocycles. The number of nitrogens with one attached hydrogen (secondary N) is 1. The number of aryl methyl sites for hydroxylation is 1. The Morgan fingerprint density at radius 2 is 1.90 bits per heavy atom. The molecule has 0 bridgehead atoms. The normalized spacial score (nSPS) is 10.7. The number of halogens is 1. The molecule has 0 radical (unpaired) electrons. The van der Waals surface area contributed by atoms with Gasteiger partial charge in [0.05, 0.1) is 16.8 Å². The lowest BCUT2D eigenvalue weighted by Crippen LogP contribution is -2.06. The largest absolute Gasteiger partial charge is 0.491 e. The second kappa shape index (κ2) is 6.67. The minimum Gasteiger partial charge on any atom is -0.491 e. The Labute approximate surface area is 125 Å². The van der Waals surface area contributed by atoms with Crippen molar-refractivity contribution in [1.82, 2.24) is 0 Å². The zero-order valence-electron chi connectivity index (χ0n) is 12.1. The summed E-state index contributed by atoms with van der Waals surface area (Å²) in [6.07, 6.45) is 0.184. The SMILES string of the molecule is Cc1cccc(Cl)c1NCc1cccc(OC(C)C)c1. The molecule has 106 valence electrons. The predicted molar refractivity (Wildman–Crippen MR) is 85.7 cm³/mol. The van der Waals surface area contributed by atoms with Crippen molar-refractivity contribution in [2.75, 3.05) is 5.32 Å². The minimum atomic E-state index is 0.184. The van der Waals surface area contributed by atoms with Gasteiger partial charge in [-0.25, -0.2) is 0 Å². The molecule has 1 N–H and O–H groups in total. The quantitative estimate of drug-likeness (QED) is 0.832. The number of anilines is 1. The van der Waals surface area contributed by atoms with Crippen molar-refractivity contribution in [3.05, 3.63) is 58.6 Å². The summed E-state index contributed by atoms with van der Waals surface area (Å²) in [7, 11) is 0. The summed E-state index contributed by atoms with van der Waals surface area (Å²) >= 11 is 6.21. The second-order valence-corrected chi connectivity index (χ2v) is 5.51. The van der Waals surface area contributed by atoms with Crippen molar-refractivity contribution in [2.45, 2.75) is 33.4 Å². The number of benzene rings is 2. The van der Waals surface area contributed by atoms with Crippen LogP contribution in [0.4, 0.5) is 5.69 Å². The van der Waals surface area contributed by atoms with E-state index < -0.39 is 0 Å². The van der Waals surface area contributed by atoms with Crippen molar-refractivity contribution < 1.29 is 4.74 Å². The van der Waals surface area contributed by atoms with Crippen LogP contribution in [0, 0.1) is 6.92 Å². The van der Waals surface area contributed by atoms with E-state index in [4.69, 9.17) is 16.3 Å². The predicted octanol–water partition coefficient (Wildman–Crippen LogP) is 5.05. The van der Waals surface area contributed by atoms with E-state index in [1.54, 1.807) is 0 Å². The summed E-state index contributed by atoms with van der Waals surface area (Å²) in [5.74, 6) is 0.898. The molecule has 0 fully saturated rings. The summed E-state index contributed by atoms with van der Waals surface area (Å²) in [6.45, 7) is 6.82. The van der Waals surface area contributed by atoms with Crippen LogP contribution in [0.5, 0.6) is 5.75 Å². The highest BCUT2D eigenvalue weighted by atomic mass is 35.5. The van der Waals surface area contributed by atoms with E-state index >= 15 is 0 Å². The maximum Gasteiger partial charge on any atom is 0.120 e. The van der Waals surface area contributed by atoms with Gasteiger partial charge in [-0.1, -0.05) is 35.9 Å². The topological polar surface area (TPSA) is 21.3 Å². The Kier molecular flexibility index (Phi) is 4.91. The van der Waals surface area contributed by atoms with Crippen LogP contribution >= 0.6 is 11.6 Å². The highest BCUT2D eigenvalue weighted by Crippen LogP contribution is 2.26. The molecule has 0 aliphatic heterocycles. The number of rotatable bonds is 5. The first-order valence-electron chi connectivity index (χ1n) is 6.81. The van der Waals surface area contributed by atoms with E-state index in [1.165, 1.54) is 5.56 Å². The molecule has 3 heteroatoms. The molecular formula is C17H20ClNO. The van der Waals surface area contributed by atoms with Gasteiger partial charge in [0, 0.05) is 6.54 Å². The van der Waals surface area contributed by atoms with Crippen LogP contribution < -0.4 is 10.1 Å². The summed E-state index contributed by atoms with van der Waals surface area (Å²) in [5, 5.41) is 4.14. The number of ether oxygens (including phenoxy) is 1. The van der Waals surface area contributed by atoms with Crippen LogP contribution in [0.25, 0.3) is 0 Å². The third kappa shape index (κ3) is 3.91. The summed E-state index contributed by atoms with van der Waals surface area (Å²) in [5.41, 5.74) is 3.30. The van der Waals surface area contributed by atoms with Crippen molar-refractivity contribution in [3.8, 4) is 5.75 Å². The van der Waals surface area contributed by atoms with E-state index in [0.29, 0.717) is 0 Å². The highest BCUT2D eigenvalue weighted by Gasteiger charge is 2.04. The van der Waals surface area contributed by atoms with Gasteiger partial charge in [-0.05, 0) is 50.1 Å². The fourth-order valence-electron chi connectivity index (χ4n) is 2.05. The van der Waals surface area contributed by atoms with Crippen LogP contribution in [-0.2, 0) is 6.54 Å². The third-order valence-electron chi connectivity index (χ3n) is 2.96. The maximum absolute atomic E-state index is 6.21. The lowest BCUT2D eigenvalue weighted by Gasteiger charge is -2.13. The van der Waals surface area contributed by atoms with Gasteiger partial charge in [0.2, 0.25) is 0 Å². The zero-order valence-corrected chi connectivity index (χ0v) is 12.9. The Morgan fingerprint density at radius 3 is 2.60 bits per heavy atom. The number of hydrogen-bond donors (Lipinski definition) is 1. The highest BCUT2D eigenvalue weighted by molar-refractivity contribution is 6.33. The molecule has 0 aliphatic rings. The van der Waals surface area contributed by atoms with E-state index in [2.05, 4.69) is 17.4 Å². The molecule has 2 aromatic carbocycles. The molecule has 0 saturated heterocycles. The van der Waals surface area contributed by atoms with Gasteiger partial charge in [-0.15, -0.1) is 0 Å². The lowest BCUT2D eigenvalue weighted by molar-refractivity contribution is 0.242. The van der Waals surface area contributed by atoms with Gasteiger partial charge >= 0.3 is 0 Å². The number of hydrogen-bond acceptors (Lipinski definition) is 2. The molecule has 20 heavy (non-hydrogen) atoms. The van der Waals surface area contributed by atoms with Crippen LogP contribution in [0.1, 0.15) is 25.0 Å². The van der Waals surface area contributed by atoms with Gasteiger partial charge in [0.25, 0.3) is 0 Å². The van der Waals surface area contributed by atoms with Gasteiger partial charge in [-0.3, -0.25) is 0 Å². The Hall–Kier alpha value is -1.67. The Bertz CT molecular complexity index is 561. The van der Waals surface area contributed by atoms with Gasteiger partial charge in [0.15, 0.2) is 0 Å². The molecular weight excluding hydrogens is 270 g/mol. The first kappa shape index (κ1) is 14.7. The van der Waals surface area contributed by atoms with Gasteiger partial charge in [0.1, 0.15) is 5.75 Å². The van der Waals surface area contributed by atoms with Gasteiger partial charge in [-0.2, -0.15) is 0 Å². The van der Waals surface area contributed by atoms with E-state index in [1.807, 2.05) is 51.1 Å². The van der Waals surface area contributed by atoms with Crippen molar-refractivity contribution in [2.24, 2.45) is 0 Å². The van der Waals surface area contributed by atoms with Crippen molar-refractivity contribution in [1.29, 1.82) is 0 Å². The first-order valence-corrected chi connectivity index (χ1v) is 7.18. The van der Waals surface area contributed by atoms with Crippen LogP contribution in [0.2, 0.25) is 5.02 Å². The molecule has 0 saturated carbocycles. The van der Waals surface area contributed by atoms with Crippen LogP contribution in [-0.4, -0.2) is 6.10 Å². The van der Waals surface area contributed by atoms with Crippen molar-refractivity contribution in [3.63, 3.8) is 0 Å². The number of para-hydroxylation sites is 1. The Balaban J connectivity index is 2.07. The molecule has 2 aromatic rings. The summed E-state index contributed by atoms with van der Waals surface area (Å²) < 4.78 is 5.70. The molecule has 0 atom stereocenters. The minimum absolute atomic E-state index is 0.184. The molecule has 0 spiro atoms. The Morgan fingerprint density at radius 1 is 1.15 bits per heavy atom. The van der Waals surface area contributed by atoms with Crippen LogP contribution in [0.15, 0.2) is 42.5 Å². The zero-order chi connectivity index (χ0) is 14.5. The monoisotopic (exact) mass is 289 g/mol.